The molecule has 72 valence electrons. The topological polar surface area (TPSA) is 35.2 Å². The summed E-state index contributed by atoms with van der Waals surface area (Å²) in [4.78, 5) is 1.05. The van der Waals surface area contributed by atoms with Gasteiger partial charge in [-0.2, -0.15) is 0 Å². The summed E-state index contributed by atoms with van der Waals surface area (Å²) in [5.74, 6) is 0. The van der Waals surface area contributed by atoms with Crippen molar-refractivity contribution in [3.63, 3.8) is 0 Å². The van der Waals surface area contributed by atoms with Crippen LogP contribution in [0.3, 0.4) is 0 Å². The van der Waals surface area contributed by atoms with E-state index in [1.165, 1.54) is 0 Å². The fourth-order valence-electron chi connectivity index (χ4n) is 1.60. The standard InChI is InChI=1S/C9H12ClNOS/c10-6-3-5-13-9(6)8(11)7-2-1-4-12-7/h3,5,7-8H,1-2,4,11H2. The maximum Gasteiger partial charge on any atom is 0.0777 e. The Hall–Kier alpha value is -0.0900. The molecule has 1 aromatic heterocycles. The fraction of sp³-hybridized carbons (Fsp3) is 0.556. The highest BCUT2D eigenvalue weighted by atomic mass is 35.5. The van der Waals surface area contributed by atoms with Crippen molar-refractivity contribution in [2.75, 3.05) is 6.61 Å². The first-order chi connectivity index (χ1) is 6.29. The van der Waals surface area contributed by atoms with Crippen LogP contribution < -0.4 is 5.73 Å². The zero-order valence-corrected chi connectivity index (χ0v) is 8.77. The predicted octanol–water partition coefficient (Wildman–Crippen LogP) is 2.58. The Morgan fingerprint density at radius 1 is 1.69 bits per heavy atom. The highest BCUT2D eigenvalue weighted by Gasteiger charge is 2.26. The average Bonchev–Trinajstić information content (AvgIpc) is 2.72. The van der Waals surface area contributed by atoms with Crippen molar-refractivity contribution in [2.24, 2.45) is 5.73 Å². The summed E-state index contributed by atoms with van der Waals surface area (Å²) in [6.07, 6.45) is 2.33. The van der Waals surface area contributed by atoms with Crippen LogP contribution in [-0.4, -0.2) is 12.7 Å². The smallest absolute Gasteiger partial charge is 0.0777 e. The second-order valence-corrected chi connectivity index (χ2v) is 4.56. The number of ether oxygens (including phenoxy) is 1. The lowest BCUT2D eigenvalue weighted by atomic mass is 10.1. The normalized spacial score (nSPS) is 24.9. The van der Waals surface area contributed by atoms with Crippen LogP contribution in [0.5, 0.6) is 0 Å². The molecule has 0 saturated carbocycles. The Labute approximate surface area is 86.6 Å². The molecule has 1 aliphatic heterocycles. The van der Waals surface area contributed by atoms with Crippen molar-refractivity contribution in [1.82, 2.24) is 0 Å². The number of halogens is 1. The molecule has 1 aromatic rings. The maximum absolute atomic E-state index is 6.05. The Balaban J connectivity index is 2.12. The number of thiophene rings is 1. The molecule has 2 rings (SSSR count). The van der Waals surface area contributed by atoms with Gasteiger partial charge in [-0.1, -0.05) is 11.6 Å². The zero-order valence-electron chi connectivity index (χ0n) is 7.20. The summed E-state index contributed by atoms with van der Waals surface area (Å²) in [5.41, 5.74) is 6.05. The molecule has 1 aliphatic rings. The SMILES string of the molecule is NC(c1sccc1Cl)C1CCCO1. The van der Waals surface area contributed by atoms with Gasteiger partial charge in [0.2, 0.25) is 0 Å². The molecule has 2 N–H and O–H groups in total. The van der Waals surface area contributed by atoms with Gasteiger partial charge in [0.15, 0.2) is 0 Å². The van der Waals surface area contributed by atoms with E-state index in [9.17, 15) is 0 Å². The van der Waals surface area contributed by atoms with Crippen LogP contribution >= 0.6 is 22.9 Å². The quantitative estimate of drug-likeness (QED) is 0.827. The molecule has 4 heteroatoms. The molecule has 0 aromatic carbocycles. The Bertz CT molecular complexity index is 283. The summed E-state index contributed by atoms with van der Waals surface area (Å²) >= 11 is 7.60. The van der Waals surface area contributed by atoms with E-state index in [4.69, 9.17) is 22.1 Å². The third-order valence-corrected chi connectivity index (χ3v) is 3.77. The molecule has 2 heterocycles. The Morgan fingerprint density at radius 2 is 2.54 bits per heavy atom. The molecule has 2 atom stereocenters. The lowest BCUT2D eigenvalue weighted by molar-refractivity contribution is 0.0909. The first-order valence-corrected chi connectivity index (χ1v) is 5.65. The van der Waals surface area contributed by atoms with E-state index in [1.54, 1.807) is 11.3 Å². The van der Waals surface area contributed by atoms with E-state index in [2.05, 4.69) is 0 Å². The van der Waals surface area contributed by atoms with Gasteiger partial charge in [0.1, 0.15) is 0 Å². The summed E-state index contributed by atoms with van der Waals surface area (Å²) in [6, 6.07) is 1.84. The van der Waals surface area contributed by atoms with Crippen LogP contribution in [0.2, 0.25) is 5.02 Å². The molecule has 1 fully saturated rings. The van der Waals surface area contributed by atoms with Gasteiger partial charge in [0, 0.05) is 11.5 Å². The monoisotopic (exact) mass is 217 g/mol. The van der Waals surface area contributed by atoms with E-state index in [1.807, 2.05) is 11.4 Å². The first kappa shape index (κ1) is 9.46. The highest BCUT2D eigenvalue weighted by molar-refractivity contribution is 7.10. The minimum absolute atomic E-state index is 0.0463. The fourth-order valence-corrected chi connectivity index (χ4v) is 2.84. The van der Waals surface area contributed by atoms with Crippen LogP contribution in [0, 0.1) is 0 Å². The third-order valence-electron chi connectivity index (χ3n) is 2.31. The molecule has 0 spiro atoms. The van der Waals surface area contributed by atoms with E-state index in [0.29, 0.717) is 0 Å². The molecule has 1 saturated heterocycles. The minimum atomic E-state index is -0.0463. The second-order valence-electron chi connectivity index (χ2n) is 3.21. The Kier molecular flexibility index (Phi) is 2.89. The van der Waals surface area contributed by atoms with Gasteiger partial charge in [-0.05, 0) is 24.3 Å². The van der Waals surface area contributed by atoms with Crippen LogP contribution in [0.15, 0.2) is 11.4 Å². The molecular formula is C9H12ClNOS. The van der Waals surface area contributed by atoms with Crippen molar-refractivity contribution in [2.45, 2.75) is 25.0 Å². The van der Waals surface area contributed by atoms with Gasteiger partial charge < -0.3 is 10.5 Å². The number of hydrogen-bond acceptors (Lipinski definition) is 3. The zero-order chi connectivity index (χ0) is 9.26. The lowest BCUT2D eigenvalue weighted by Crippen LogP contribution is -2.24. The molecule has 0 amide bonds. The van der Waals surface area contributed by atoms with Gasteiger partial charge in [-0.3, -0.25) is 0 Å². The van der Waals surface area contributed by atoms with Gasteiger partial charge in [-0.25, -0.2) is 0 Å². The lowest BCUT2D eigenvalue weighted by Gasteiger charge is -2.17. The summed E-state index contributed by atoms with van der Waals surface area (Å²) in [5, 5.41) is 2.74. The summed E-state index contributed by atoms with van der Waals surface area (Å²) in [7, 11) is 0. The maximum atomic E-state index is 6.05. The molecule has 2 unspecified atom stereocenters. The van der Waals surface area contributed by atoms with Crippen LogP contribution in [-0.2, 0) is 4.74 Å². The van der Waals surface area contributed by atoms with Crippen LogP contribution in [0.1, 0.15) is 23.8 Å². The molecule has 0 aliphatic carbocycles. The van der Waals surface area contributed by atoms with Crippen molar-refractivity contribution in [3.8, 4) is 0 Å². The molecule has 0 radical (unpaired) electrons. The van der Waals surface area contributed by atoms with Gasteiger partial charge >= 0.3 is 0 Å². The summed E-state index contributed by atoms with van der Waals surface area (Å²) < 4.78 is 5.52. The number of rotatable bonds is 2. The Morgan fingerprint density at radius 3 is 3.08 bits per heavy atom. The van der Waals surface area contributed by atoms with E-state index in [-0.39, 0.29) is 12.1 Å². The number of hydrogen-bond donors (Lipinski definition) is 1. The van der Waals surface area contributed by atoms with Crippen molar-refractivity contribution in [1.29, 1.82) is 0 Å². The first-order valence-electron chi connectivity index (χ1n) is 4.39. The summed E-state index contributed by atoms with van der Waals surface area (Å²) in [6.45, 7) is 0.835. The van der Waals surface area contributed by atoms with Gasteiger partial charge in [0.05, 0.1) is 17.2 Å². The molecule has 13 heavy (non-hydrogen) atoms. The molecular weight excluding hydrogens is 206 g/mol. The second kappa shape index (κ2) is 3.96. The minimum Gasteiger partial charge on any atom is -0.376 e. The van der Waals surface area contributed by atoms with Gasteiger partial charge in [0.25, 0.3) is 0 Å². The average molecular weight is 218 g/mol. The van der Waals surface area contributed by atoms with E-state index < -0.39 is 0 Å². The highest BCUT2D eigenvalue weighted by Crippen LogP contribution is 2.33. The van der Waals surface area contributed by atoms with Gasteiger partial charge in [-0.15, -0.1) is 11.3 Å². The van der Waals surface area contributed by atoms with Crippen molar-refractivity contribution < 1.29 is 4.74 Å². The van der Waals surface area contributed by atoms with Crippen molar-refractivity contribution >= 4 is 22.9 Å². The largest absolute Gasteiger partial charge is 0.376 e. The van der Waals surface area contributed by atoms with Crippen molar-refractivity contribution in [3.05, 3.63) is 21.3 Å². The predicted molar refractivity (Wildman–Crippen MR) is 55.2 cm³/mol. The van der Waals surface area contributed by atoms with Crippen LogP contribution in [0.25, 0.3) is 0 Å². The molecule has 2 nitrogen and oxygen atoms in total. The van der Waals surface area contributed by atoms with E-state index in [0.717, 1.165) is 29.3 Å². The number of nitrogens with two attached hydrogens (primary N) is 1. The van der Waals surface area contributed by atoms with Crippen LogP contribution in [0.4, 0.5) is 0 Å². The third kappa shape index (κ3) is 1.89. The van der Waals surface area contributed by atoms with E-state index >= 15 is 0 Å². The molecule has 0 bridgehead atoms.